The van der Waals surface area contributed by atoms with Crippen LogP contribution in [0.1, 0.15) is 27.7 Å². The van der Waals surface area contributed by atoms with E-state index in [1.54, 1.807) is 11.8 Å². The summed E-state index contributed by atoms with van der Waals surface area (Å²) in [7, 11) is 0. The molecule has 17 heavy (non-hydrogen) atoms. The zero-order chi connectivity index (χ0) is 12.8. The van der Waals surface area contributed by atoms with Crippen LogP contribution in [-0.4, -0.2) is 53.6 Å². The van der Waals surface area contributed by atoms with Gasteiger partial charge in [-0.25, -0.2) is 4.79 Å². The molecule has 0 N–H and O–H groups in total. The molecule has 2 fully saturated rings. The van der Waals surface area contributed by atoms with E-state index in [0.717, 1.165) is 13.1 Å². The summed E-state index contributed by atoms with van der Waals surface area (Å²) in [5, 5.41) is 0. The molecule has 0 unspecified atom stereocenters. The van der Waals surface area contributed by atoms with Gasteiger partial charge in [-0.1, -0.05) is 0 Å². The molecule has 0 atom stereocenters. The number of carbonyl (C=O) groups excluding carboxylic acids is 2. The third kappa shape index (κ3) is 2.37. The third-order valence-corrected chi connectivity index (χ3v) is 3.20. The zero-order valence-corrected chi connectivity index (χ0v) is 10.9. The minimum absolute atomic E-state index is 0.117. The Morgan fingerprint density at radius 2 is 1.53 bits per heavy atom. The maximum Gasteiger partial charge on any atom is 0.410 e. The molecule has 0 saturated carbocycles. The van der Waals surface area contributed by atoms with Crippen LogP contribution in [0.25, 0.3) is 0 Å². The Labute approximate surface area is 102 Å². The Bertz CT molecular complexity index is 345. The van der Waals surface area contributed by atoms with Crippen LogP contribution in [0.15, 0.2) is 0 Å². The Morgan fingerprint density at radius 3 is 1.94 bits per heavy atom. The van der Waals surface area contributed by atoms with E-state index < -0.39 is 5.60 Å². The van der Waals surface area contributed by atoms with E-state index >= 15 is 0 Å². The highest BCUT2D eigenvalue weighted by Gasteiger charge is 2.54. The Balaban J connectivity index is 1.77. The van der Waals surface area contributed by atoms with Gasteiger partial charge in [-0.15, -0.1) is 0 Å². The van der Waals surface area contributed by atoms with Crippen molar-refractivity contribution in [2.24, 2.45) is 5.41 Å². The lowest BCUT2D eigenvalue weighted by molar-refractivity contribution is -0.154. The van der Waals surface area contributed by atoms with Crippen molar-refractivity contribution in [1.82, 2.24) is 9.80 Å². The highest BCUT2D eigenvalue weighted by atomic mass is 16.6. The highest BCUT2D eigenvalue weighted by Crippen LogP contribution is 2.40. The first-order valence-corrected chi connectivity index (χ1v) is 5.94. The monoisotopic (exact) mass is 240 g/mol. The molecule has 2 heterocycles. The summed E-state index contributed by atoms with van der Waals surface area (Å²) in [5.41, 5.74) is -0.284. The molecule has 0 aliphatic carbocycles. The van der Waals surface area contributed by atoms with Crippen molar-refractivity contribution < 1.29 is 14.3 Å². The van der Waals surface area contributed by atoms with Crippen molar-refractivity contribution in [3.05, 3.63) is 0 Å². The van der Waals surface area contributed by atoms with Gasteiger partial charge in [0.2, 0.25) is 5.91 Å². The first kappa shape index (κ1) is 12.2. The van der Waals surface area contributed by atoms with Crippen molar-refractivity contribution in [2.45, 2.75) is 33.3 Å². The number of carbonyl (C=O) groups is 2. The molecule has 0 aromatic carbocycles. The van der Waals surface area contributed by atoms with Crippen LogP contribution in [-0.2, 0) is 9.53 Å². The SMILES string of the molecule is CC(=O)N1CC2(C1)CN(C(=O)OC(C)(C)C)C2. The standard InChI is InChI=1S/C12H20N2O3/c1-9(15)13-5-12(6-13)7-14(8-12)10(16)17-11(2,3)4/h5-8H2,1-4H3. The summed E-state index contributed by atoms with van der Waals surface area (Å²) >= 11 is 0. The predicted molar refractivity (Wildman–Crippen MR) is 62.5 cm³/mol. The second-order valence-corrected chi connectivity index (χ2v) is 6.21. The summed E-state index contributed by atoms with van der Waals surface area (Å²) in [6.45, 7) is 10.2. The van der Waals surface area contributed by atoms with Gasteiger partial charge in [-0.3, -0.25) is 4.79 Å². The largest absolute Gasteiger partial charge is 0.444 e. The fraction of sp³-hybridized carbons (Fsp3) is 0.833. The molecule has 2 aliphatic rings. The molecule has 2 saturated heterocycles. The van der Waals surface area contributed by atoms with Gasteiger partial charge < -0.3 is 14.5 Å². The molecular formula is C12H20N2O3. The summed E-state index contributed by atoms with van der Waals surface area (Å²) in [6, 6.07) is 0. The minimum atomic E-state index is -0.440. The normalized spacial score (nSPS) is 21.9. The van der Waals surface area contributed by atoms with E-state index in [-0.39, 0.29) is 17.4 Å². The van der Waals surface area contributed by atoms with E-state index in [2.05, 4.69) is 0 Å². The Kier molecular flexibility index (Phi) is 2.60. The molecule has 0 aromatic rings. The molecule has 96 valence electrons. The quantitative estimate of drug-likeness (QED) is 0.636. The van der Waals surface area contributed by atoms with Crippen molar-refractivity contribution >= 4 is 12.0 Å². The van der Waals surface area contributed by atoms with Crippen molar-refractivity contribution in [3.8, 4) is 0 Å². The first-order chi connectivity index (χ1) is 7.71. The highest BCUT2D eigenvalue weighted by molar-refractivity contribution is 5.75. The fourth-order valence-electron chi connectivity index (χ4n) is 2.41. The molecule has 2 aliphatic heterocycles. The number of ether oxygens (including phenoxy) is 1. The average Bonchev–Trinajstić information content (AvgIpc) is 1.93. The summed E-state index contributed by atoms with van der Waals surface area (Å²) < 4.78 is 5.28. The van der Waals surface area contributed by atoms with E-state index in [4.69, 9.17) is 4.74 Å². The van der Waals surface area contributed by atoms with E-state index in [9.17, 15) is 9.59 Å². The van der Waals surface area contributed by atoms with Crippen LogP contribution in [0, 0.1) is 5.41 Å². The van der Waals surface area contributed by atoms with Gasteiger partial charge in [-0.05, 0) is 20.8 Å². The van der Waals surface area contributed by atoms with E-state index in [1.807, 2.05) is 25.7 Å². The Hall–Kier alpha value is -1.26. The van der Waals surface area contributed by atoms with E-state index in [0.29, 0.717) is 13.1 Å². The number of nitrogens with zero attached hydrogens (tertiary/aromatic N) is 2. The molecular weight excluding hydrogens is 220 g/mol. The molecule has 5 heteroatoms. The van der Waals surface area contributed by atoms with Crippen LogP contribution >= 0.6 is 0 Å². The zero-order valence-electron chi connectivity index (χ0n) is 10.9. The summed E-state index contributed by atoms with van der Waals surface area (Å²) in [4.78, 5) is 26.3. The first-order valence-electron chi connectivity index (χ1n) is 5.94. The second kappa shape index (κ2) is 3.62. The van der Waals surface area contributed by atoms with Crippen molar-refractivity contribution in [2.75, 3.05) is 26.2 Å². The lowest BCUT2D eigenvalue weighted by Crippen LogP contribution is -2.73. The molecule has 1 spiro atoms. The van der Waals surface area contributed by atoms with Crippen LogP contribution in [0.2, 0.25) is 0 Å². The van der Waals surface area contributed by atoms with Gasteiger partial charge in [0.25, 0.3) is 0 Å². The Morgan fingerprint density at radius 1 is 1.06 bits per heavy atom. The van der Waals surface area contributed by atoms with Gasteiger partial charge in [0.1, 0.15) is 5.60 Å². The van der Waals surface area contributed by atoms with Crippen LogP contribution in [0.3, 0.4) is 0 Å². The average molecular weight is 240 g/mol. The van der Waals surface area contributed by atoms with Gasteiger partial charge in [0.05, 0.1) is 0 Å². The third-order valence-electron chi connectivity index (χ3n) is 3.20. The van der Waals surface area contributed by atoms with Gasteiger partial charge >= 0.3 is 6.09 Å². The van der Waals surface area contributed by atoms with Gasteiger partial charge in [0.15, 0.2) is 0 Å². The number of amides is 2. The smallest absolute Gasteiger partial charge is 0.410 e. The van der Waals surface area contributed by atoms with Crippen LogP contribution in [0.4, 0.5) is 4.79 Å². The lowest BCUT2D eigenvalue weighted by atomic mass is 9.73. The molecule has 0 bridgehead atoms. The number of likely N-dealkylation sites (tertiary alicyclic amines) is 2. The maximum absolute atomic E-state index is 11.7. The summed E-state index contributed by atoms with van der Waals surface area (Å²) in [5.74, 6) is 0.117. The van der Waals surface area contributed by atoms with Gasteiger partial charge in [0, 0.05) is 38.5 Å². The number of hydrogen-bond donors (Lipinski definition) is 0. The maximum atomic E-state index is 11.7. The molecule has 0 aromatic heterocycles. The van der Waals surface area contributed by atoms with E-state index in [1.165, 1.54) is 0 Å². The van der Waals surface area contributed by atoms with Crippen molar-refractivity contribution in [3.63, 3.8) is 0 Å². The molecule has 2 rings (SSSR count). The molecule has 0 radical (unpaired) electrons. The number of rotatable bonds is 0. The molecule has 5 nitrogen and oxygen atoms in total. The summed E-state index contributed by atoms with van der Waals surface area (Å²) in [6.07, 6.45) is -0.246. The fourth-order valence-corrected chi connectivity index (χ4v) is 2.41. The van der Waals surface area contributed by atoms with Crippen LogP contribution < -0.4 is 0 Å². The minimum Gasteiger partial charge on any atom is -0.444 e. The lowest BCUT2D eigenvalue weighted by Gasteiger charge is -2.59. The van der Waals surface area contributed by atoms with Gasteiger partial charge in [-0.2, -0.15) is 0 Å². The van der Waals surface area contributed by atoms with Crippen molar-refractivity contribution in [1.29, 1.82) is 0 Å². The topological polar surface area (TPSA) is 49.9 Å². The van der Waals surface area contributed by atoms with Crippen LogP contribution in [0.5, 0.6) is 0 Å². The number of hydrogen-bond acceptors (Lipinski definition) is 3. The molecule has 2 amide bonds. The second-order valence-electron chi connectivity index (χ2n) is 6.21. The predicted octanol–water partition coefficient (Wildman–Crippen LogP) is 1.09.